The fraction of sp³-hybridized carbons (Fsp3) is 0.667. The van der Waals surface area contributed by atoms with Gasteiger partial charge in [-0.25, -0.2) is 0 Å². The van der Waals surface area contributed by atoms with E-state index in [9.17, 15) is 9.59 Å². The molecule has 0 saturated carbocycles. The molecule has 0 aromatic heterocycles. The number of hydrogen-bond donors (Lipinski definition) is 2. The Kier molecular flexibility index (Phi) is 9.46. The number of aliphatic carboxylic acids is 2. The van der Waals surface area contributed by atoms with E-state index in [0.717, 1.165) is 0 Å². The van der Waals surface area contributed by atoms with E-state index < -0.39 is 43.8 Å². The molecule has 0 saturated heterocycles. The van der Waals surface area contributed by atoms with Crippen LogP contribution in [0.1, 0.15) is 12.8 Å². The van der Waals surface area contributed by atoms with E-state index in [1.165, 1.54) is 0 Å². The van der Waals surface area contributed by atoms with E-state index in [1.54, 1.807) is 0 Å². The number of carboxylic acids is 2. The Hall–Kier alpha value is -0.0543. The molecule has 0 radical (unpaired) electrons. The Morgan fingerprint density at radius 2 is 1.79 bits per heavy atom. The minimum atomic E-state index is -1.45. The van der Waals surface area contributed by atoms with Gasteiger partial charge in [-0.05, 0) is 0 Å². The van der Waals surface area contributed by atoms with Crippen LogP contribution < -0.4 is 0 Å². The van der Waals surface area contributed by atoms with Gasteiger partial charge in [0.15, 0.2) is 0 Å². The van der Waals surface area contributed by atoms with E-state index in [1.807, 2.05) is 0 Å². The SMILES string of the molecule is O=C(O)CC[O][GeH2][O][GeH2][CH2]CC(=O)O. The van der Waals surface area contributed by atoms with E-state index in [2.05, 4.69) is 0 Å². The molecule has 8 heteroatoms. The molecule has 0 aliphatic rings. The Morgan fingerprint density at radius 3 is 2.36 bits per heavy atom. The van der Waals surface area contributed by atoms with Crippen molar-refractivity contribution in [2.24, 2.45) is 0 Å². The van der Waals surface area contributed by atoms with Crippen LogP contribution in [-0.2, 0) is 16.1 Å². The van der Waals surface area contributed by atoms with Crippen LogP contribution in [0.15, 0.2) is 0 Å². The van der Waals surface area contributed by atoms with Gasteiger partial charge in [-0.15, -0.1) is 0 Å². The van der Waals surface area contributed by atoms with Gasteiger partial charge in [0, 0.05) is 0 Å². The minimum absolute atomic E-state index is 0.0107. The van der Waals surface area contributed by atoms with Crippen LogP contribution in [0.4, 0.5) is 0 Å². The van der Waals surface area contributed by atoms with Crippen molar-refractivity contribution < 1.29 is 26.4 Å². The van der Waals surface area contributed by atoms with E-state index >= 15 is 0 Å². The predicted molar refractivity (Wildman–Crippen MR) is 53.4 cm³/mol. The summed E-state index contributed by atoms with van der Waals surface area (Å²) in [5.41, 5.74) is 0. The van der Waals surface area contributed by atoms with Crippen molar-refractivity contribution in [3.63, 3.8) is 0 Å². The van der Waals surface area contributed by atoms with Gasteiger partial charge >= 0.3 is 94.9 Å². The maximum atomic E-state index is 10.1. The number of carboxylic acid groups (broad SMARTS) is 2. The Bertz CT molecular complexity index is 165. The van der Waals surface area contributed by atoms with Crippen molar-refractivity contribution in [3.05, 3.63) is 0 Å². The molecular weight excluding hydrogens is 313 g/mol. The van der Waals surface area contributed by atoms with Crippen LogP contribution in [0.5, 0.6) is 0 Å². The molecule has 0 atom stereocenters. The van der Waals surface area contributed by atoms with Gasteiger partial charge in [0.25, 0.3) is 0 Å². The summed E-state index contributed by atoms with van der Waals surface area (Å²) in [4.78, 5) is 20.2. The zero-order valence-electron chi connectivity index (χ0n) is 7.77. The predicted octanol–water partition coefficient (Wildman–Crippen LogP) is -1.53. The molecule has 0 bridgehead atoms. The van der Waals surface area contributed by atoms with E-state index in [0.29, 0.717) is 5.25 Å². The van der Waals surface area contributed by atoms with Crippen molar-refractivity contribution in [1.29, 1.82) is 0 Å². The number of carbonyl (C=O) groups is 2. The van der Waals surface area contributed by atoms with Gasteiger partial charge in [-0.1, -0.05) is 0 Å². The summed E-state index contributed by atoms with van der Waals surface area (Å²) >= 11 is -2.60. The van der Waals surface area contributed by atoms with Gasteiger partial charge in [0.05, 0.1) is 0 Å². The molecule has 0 aromatic carbocycles. The Balaban J connectivity index is 2.99. The fourth-order valence-electron chi connectivity index (χ4n) is 0.662. The molecule has 0 unspecified atom stereocenters. The van der Waals surface area contributed by atoms with Crippen molar-refractivity contribution in [2.45, 2.75) is 18.1 Å². The van der Waals surface area contributed by atoms with Gasteiger partial charge in [0.1, 0.15) is 0 Å². The molecule has 0 aliphatic heterocycles. The van der Waals surface area contributed by atoms with E-state index in [-0.39, 0.29) is 19.4 Å². The zero-order valence-corrected chi connectivity index (χ0v) is 13.7. The molecule has 2 N–H and O–H groups in total. The van der Waals surface area contributed by atoms with Gasteiger partial charge in [-0.2, -0.15) is 0 Å². The second-order valence-corrected chi connectivity index (χ2v) is 11.6. The summed E-state index contributed by atoms with van der Waals surface area (Å²) in [5.74, 6) is -1.67. The summed E-state index contributed by atoms with van der Waals surface area (Å²) in [6.45, 7) is 0.219. The molecule has 0 fully saturated rings. The van der Waals surface area contributed by atoms with Crippen LogP contribution in [0.2, 0.25) is 5.25 Å². The van der Waals surface area contributed by atoms with Crippen LogP contribution in [0.3, 0.4) is 0 Å². The van der Waals surface area contributed by atoms with Crippen molar-refractivity contribution >= 4 is 43.8 Å². The monoisotopic (exact) mass is 330 g/mol. The van der Waals surface area contributed by atoms with Gasteiger partial charge in [0.2, 0.25) is 0 Å². The van der Waals surface area contributed by atoms with Crippen molar-refractivity contribution in [3.8, 4) is 0 Å². The second kappa shape index (κ2) is 9.50. The van der Waals surface area contributed by atoms with Crippen LogP contribution >= 0.6 is 0 Å². The first kappa shape index (κ1) is 13.9. The maximum absolute atomic E-state index is 10.1. The molecule has 82 valence electrons. The van der Waals surface area contributed by atoms with Gasteiger partial charge < -0.3 is 0 Å². The van der Waals surface area contributed by atoms with Crippen LogP contribution in [0, 0.1) is 0 Å². The molecule has 0 heterocycles. The standard InChI is InChI=1S/C6H14Ge2O6/c9-5(10)1-3-7-14-8-13-4-2-6(11)12/h1-4,7-8H2,(H,9,10)(H,11,12). The van der Waals surface area contributed by atoms with Crippen molar-refractivity contribution in [1.82, 2.24) is 0 Å². The first-order valence-corrected chi connectivity index (χ1v) is 9.95. The molecule has 0 aliphatic carbocycles. The summed E-state index contributed by atoms with van der Waals surface area (Å²) in [7, 11) is 0. The molecule has 14 heavy (non-hydrogen) atoms. The Labute approximate surface area is 94.9 Å². The zero-order chi connectivity index (χ0) is 10.8. The first-order chi connectivity index (χ1) is 6.63. The molecule has 0 amide bonds. The quantitative estimate of drug-likeness (QED) is 0.394. The summed E-state index contributed by atoms with van der Waals surface area (Å²) in [6.07, 6.45) is 0.189. The average Bonchev–Trinajstić information content (AvgIpc) is 2.08. The molecule has 6 nitrogen and oxygen atoms in total. The Morgan fingerprint density at radius 1 is 1.14 bits per heavy atom. The first-order valence-electron chi connectivity index (χ1n) is 4.22. The van der Waals surface area contributed by atoms with Gasteiger partial charge in [-0.3, -0.25) is 0 Å². The normalized spacial score (nSPS) is 11.7. The number of rotatable bonds is 9. The molecule has 0 rings (SSSR count). The second-order valence-electron chi connectivity index (χ2n) is 2.58. The summed E-state index contributed by atoms with van der Waals surface area (Å²) in [6, 6.07) is 0. The number of hydrogen-bond acceptors (Lipinski definition) is 4. The molecule has 0 aromatic rings. The summed E-state index contributed by atoms with van der Waals surface area (Å²) < 4.78 is 10.3. The van der Waals surface area contributed by atoms with E-state index in [4.69, 9.17) is 16.8 Å². The third-order valence-corrected chi connectivity index (χ3v) is 9.53. The molecular formula is C6H14Ge2O6. The topological polar surface area (TPSA) is 93.1 Å². The average molecular weight is 327 g/mol. The molecule has 0 spiro atoms. The summed E-state index contributed by atoms with van der Waals surface area (Å²) in [5, 5.41) is 17.2. The van der Waals surface area contributed by atoms with Crippen LogP contribution in [0.25, 0.3) is 0 Å². The fourth-order valence-corrected chi connectivity index (χ4v) is 7.87. The third-order valence-electron chi connectivity index (χ3n) is 1.31. The third kappa shape index (κ3) is 11.9. The van der Waals surface area contributed by atoms with Crippen molar-refractivity contribution in [2.75, 3.05) is 6.61 Å². The van der Waals surface area contributed by atoms with Crippen LogP contribution in [-0.4, -0.2) is 60.6 Å².